The molecule has 2 rings (SSSR count). The zero-order chi connectivity index (χ0) is 14.6. The van der Waals surface area contributed by atoms with Crippen LogP contribution in [0.25, 0.3) is 0 Å². The monoisotopic (exact) mass is 297 g/mol. The zero-order valence-electron chi connectivity index (χ0n) is 11.4. The summed E-state index contributed by atoms with van der Waals surface area (Å²) < 4.78 is 25.8. The molecule has 6 nitrogen and oxygen atoms in total. The molecule has 1 aliphatic heterocycles. The summed E-state index contributed by atoms with van der Waals surface area (Å²) in [6.45, 7) is 3.19. The number of anilines is 2. The highest BCUT2D eigenvalue weighted by atomic mass is 32.2. The van der Waals surface area contributed by atoms with Crippen molar-refractivity contribution in [3.63, 3.8) is 0 Å². The van der Waals surface area contributed by atoms with Crippen molar-refractivity contribution in [2.24, 2.45) is 0 Å². The van der Waals surface area contributed by atoms with Crippen LogP contribution in [-0.2, 0) is 10.0 Å². The van der Waals surface area contributed by atoms with Crippen molar-refractivity contribution in [2.45, 2.75) is 19.8 Å². The SMILES string of the molecule is CCCS(=O)(=O)Nc1ccc(N2CCCNC2=O)cc1. The predicted molar refractivity (Wildman–Crippen MR) is 79.5 cm³/mol. The number of nitrogens with one attached hydrogen (secondary N) is 2. The molecule has 0 aromatic heterocycles. The number of urea groups is 1. The molecule has 1 heterocycles. The van der Waals surface area contributed by atoms with E-state index in [1.165, 1.54) is 0 Å². The second kappa shape index (κ2) is 6.13. The number of sulfonamides is 1. The van der Waals surface area contributed by atoms with Crippen LogP contribution in [0, 0.1) is 0 Å². The Hall–Kier alpha value is -1.76. The Labute approximate surface area is 119 Å². The summed E-state index contributed by atoms with van der Waals surface area (Å²) in [5.41, 5.74) is 1.28. The average Bonchev–Trinajstić information content (AvgIpc) is 2.40. The smallest absolute Gasteiger partial charge is 0.321 e. The van der Waals surface area contributed by atoms with Crippen LogP contribution in [0.2, 0.25) is 0 Å². The third-order valence-corrected chi connectivity index (χ3v) is 4.50. The Morgan fingerprint density at radius 1 is 1.30 bits per heavy atom. The molecule has 0 radical (unpaired) electrons. The van der Waals surface area contributed by atoms with Gasteiger partial charge in [0.1, 0.15) is 0 Å². The highest BCUT2D eigenvalue weighted by molar-refractivity contribution is 7.92. The van der Waals surface area contributed by atoms with Crippen LogP contribution in [0.3, 0.4) is 0 Å². The molecule has 0 saturated carbocycles. The van der Waals surface area contributed by atoms with Gasteiger partial charge in [-0.1, -0.05) is 6.92 Å². The number of carbonyl (C=O) groups is 1. The summed E-state index contributed by atoms with van der Waals surface area (Å²) in [7, 11) is -3.28. The molecular weight excluding hydrogens is 278 g/mol. The molecule has 0 unspecified atom stereocenters. The van der Waals surface area contributed by atoms with E-state index in [4.69, 9.17) is 0 Å². The van der Waals surface area contributed by atoms with Gasteiger partial charge in [0.15, 0.2) is 0 Å². The molecule has 0 spiro atoms. The van der Waals surface area contributed by atoms with Gasteiger partial charge >= 0.3 is 6.03 Å². The maximum absolute atomic E-state index is 11.7. The number of hydrogen-bond donors (Lipinski definition) is 2. The Bertz CT molecular complexity index is 569. The van der Waals surface area contributed by atoms with Gasteiger partial charge < -0.3 is 5.32 Å². The summed E-state index contributed by atoms with van der Waals surface area (Å²) >= 11 is 0. The highest BCUT2D eigenvalue weighted by Crippen LogP contribution is 2.20. The standard InChI is InChI=1S/C13H19N3O3S/c1-2-10-20(18,19)15-11-4-6-12(7-5-11)16-9-3-8-14-13(16)17/h4-7,15H,2-3,8-10H2,1H3,(H,14,17). The minimum Gasteiger partial charge on any atom is -0.338 e. The van der Waals surface area contributed by atoms with Gasteiger partial charge in [0.25, 0.3) is 0 Å². The van der Waals surface area contributed by atoms with Crippen molar-refractivity contribution in [3.05, 3.63) is 24.3 Å². The van der Waals surface area contributed by atoms with Gasteiger partial charge in [-0.3, -0.25) is 9.62 Å². The minimum absolute atomic E-state index is 0.100. The van der Waals surface area contributed by atoms with Gasteiger partial charge in [0.2, 0.25) is 10.0 Å². The molecule has 2 amide bonds. The first-order valence-corrected chi connectivity index (χ1v) is 8.33. The Kier molecular flexibility index (Phi) is 4.49. The molecule has 20 heavy (non-hydrogen) atoms. The molecule has 1 saturated heterocycles. The van der Waals surface area contributed by atoms with E-state index in [1.807, 2.05) is 6.92 Å². The lowest BCUT2D eigenvalue weighted by atomic mass is 10.2. The lowest BCUT2D eigenvalue weighted by Crippen LogP contribution is -2.46. The number of nitrogens with zero attached hydrogens (tertiary/aromatic N) is 1. The first-order chi connectivity index (χ1) is 9.52. The van der Waals surface area contributed by atoms with Crippen LogP contribution in [0.15, 0.2) is 24.3 Å². The van der Waals surface area contributed by atoms with Gasteiger partial charge in [-0.2, -0.15) is 0 Å². The van der Waals surface area contributed by atoms with E-state index in [0.717, 1.165) is 12.1 Å². The fraction of sp³-hybridized carbons (Fsp3) is 0.462. The zero-order valence-corrected chi connectivity index (χ0v) is 12.2. The number of benzene rings is 1. The first kappa shape index (κ1) is 14.6. The van der Waals surface area contributed by atoms with E-state index < -0.39 is 10.0 Å². The molecule has 1 aromatic rings. The largest absolute Gasteiger partial charge is 0.338 e. The number of carbonyl (C=O) groups excluding carboxylic acids is 1. The molecular formula is C13H19N3O3S. The minimum atomic E-state index is -3.28. The van der Waals surface area contributed by atoms with Crippen molar-refractivity contribution in [1.82, 2.24) is 5.32 Å². The van der Waals surface area contributed by atoms with E-state index in [1.54, 1.807) is 29.2 Å². The van der Waals surface area contributed by atoms with Crippen LogP contribution >= 0.6 is 0 Å². The van der Waals surface area contributed by atoms with Gasteiger partial charge in [-0.25, -0.2) is 13.2 Å². The van der Waals surface area contributed by atoms with Crippen molar-refractivity contribution in [3.8, 4) is 0 Å². The van der Waals surface area contributed by atoms with Crippen molar-refractivity contribution in [1.29, 1.82) is 0 Å². The summed E-state index contributed by atoms with van der Waals surface area (Å²) in [5.74, 6) is 0.100. The van der Waals surface area contributed by atoms with Gasteiger partial charge in [-0.05, 0) is 37.1 Å². The fourth-order valence-corrected chi connectivity index (χ4v) is 3.22. The van der Waals surface area contributed by atoms with Gasteiger partial charge in [-0.15, -0.1) is 0 Å². The summed E-state index contributed by atoms with van der Waals surface area (Å²) in [6, 6.07) is 6.72. The first-order valence-electron chi connectivity index (χ1n) is 6.68. The van der Waals surface area contributed by atoms with E-state index in [9.17, 15) is 13.2 Å². The quantitative estimate of drug-likeness (QED) is 0.869. The molecule has 110 valence electrons. The average molecular weight is 297 g/mol. The number of amides is 2. The molecule has 1 aliphatic rings. The third kappa shape index (κ3) is 3.63. The van der Waals surface area contributed by atoms with Crippen LogP contribution in [-0.4, -0.2) is 33.3 Å². The Morgan fingerprint density at radius 2 is 2.00 bits per heavy atom. The van der Waals surface area contributed by atoms with Crippen molar-refractivity contribution >= 4 is 27.4 Å². The topological polar surface area (TPSA) is 78.5 Å². The van der Waals surface area contributed by atoms with E-state index in [0.29, 0.717) is 25.2 Å². The molecule has 0 bridgehead atoms. The maximum Gasteiger partial charge on any atom is 0.321 e. The molecule has 1 fully saturated rings. The fourth-order valence-electron chi connectivity index (χ4n) is 2.08. The van der Waals surface area contributed by atoms with Gasteiger partial charge in [0.05, 0.1) is 5.75 Å². The van der Waals surface area contributed by atoms with E-state index in [2.05, 4.69) is 10.0 Å². The number of rotatable bonds is 5. The van der Waals surface area contributed by atoms with Crippen LogP contribution < -0.4 is 14.9 Å². The van der Waals surface area contributed by atoms with Crippen LogP contribution in [0.1, 0.15) is 19.8 Å². The molecule has 0 atom stereocenters. The Balaban J connectivity index is 2.08. The van der Waals surface area contributed by atoms with Crippen molar-refractivity contribution in [2.75, 3.05) is 28.5 Å². The lowest BCUT2D eigenvalue weighted by molar-refractivity contribution is 0.243. The maximum atomic E-state index is 11.7. The lowest BCUT2D eigenvalue weighted by Gasteiger charge is -2.27. The van der Waals surface area contributed by atoms with E-state index in [-0.39, 0.29) is 11.8 Å². The van der Waals surface area contributed by atoms with Crippen molar-refractivity contribution < 1.29 is 13.2 Å². The molecule has 2 N–H and O–H groups in total. The Morgan fingerprint density at radius 3 is 2.60 bits per heavy atom. The molecule has 1 aromatic carbocycles. The summed E-state index contributed by atoms with van der Waals surface area (Å²) in [5, 5.41) is 2.78. The highest BCUT2D eigenvalue weighted by Gasteiger charge is 2.19. The van der Waals surface area contributed by atoms with Crippen LogP contribution in [0.4, 0.5) is 16.2 Å². The predicted octanol–water partition coefficient (Wildman–Crippen LogP) is 1.76. The normalized spacial score (nSPS) is 15.8. The molecule has 0 aliphatic carbocycles. The summed E-state index contributed by atoms with van der Waals surface area (Å²) in [4.78, 5) is 13.3. The van der Waals surface area contributed by atoms with E-state index >= 15 is 0 Å². The number of hydrogen-bond acceptors (Lipinski definition) is 3. The second-order valence-corrected chi connectivity index (χ2v) is 6.55. The summed E-state index contributed by atoms with van der Waals surface area (Å²) in [6.07, 6.45) is 1.47. The van der Waals surface area contributed by atoms with Crippen LogP contribution in [0.5, 0.6) is 0 Å². The molecule has 7 heteroatoms. The van der Waals surface area contributed by atoms with Gasteiger partial charge in [0, 0.05) is 24.5 Å². The second-order valence-electron chi connectivity index (χ2n) is 4.70. The third-order valence-electron chi connectivity index (χ3n) is 3.01.